The summed E-state index contributed by atoms with van der Waals surface area (Å²) < 4.78 is 68.3. The fraction of sp³-hybridized carbons (Fsp3) is 0.944. The highest BCUT2D eigenvalue weighted by atomic mass is 31.2. The van der Waals surface area contributed by atoms with Gasteiger partial charge in [-0.3, -0.25) is 37.3 Å². The Bertz CT molecular complexity index is 1780. The maximum Gasteiger partial charge on any atom is 0.472 e. The molecule has 0 radical (unpaired) electrons. The highest BCUT2D eigenvalue weighted by Gasteiger charge is 2.30. The molecule has 17 nitrogen and oxygen atoms in total. The molecule has 0 bridgehead atoms. The summed E-state index contributed by atoms with van der Waals surface area (Å²) in [6.07, 6.45) is 43.0. The van der Waals surface area contributed by atoms with Gasteiger partial charge in [0.2, 0.25) is 0 Å². The van der Waals surface area contributed by atoms with Gasteiger partial charge in [-0.2, -0.15) is 0 Å². The van der Waals surface area contributed by atoms with Crippen LogP contribution >= 0.6 is 15.6 Å². The summed E-state index contributed by atoms with van der Waals surface area (Å²) in [4.78, 5) is 72.6. The van der Waals surface area contributed by atoms with Crippen LogP contribution in [0.1, 0.15) is 351 Å². The lowest BCUT2D eigenvalue weighted by Gasteiger charge is -2.21. The van der Waals surface area contributed by atoms with Crippen molar-refractivity contribution in [2.45, 2.75) is 369 Å². The summed E-state index contributed by atoms with van der Waals surface area (Å²) in [7, 11) is -9.91. The van der Waals surface area contributed by atoms with Gasteiger partial charge >= 0.3 is 39.5 Å². The average Bonchev–Trinajstić information content (AvgIpc) is 2.83. The second-order valence-electron chi connectivity index (χ2n) is 27.3. The molecule has 0 aromatic heterocycles. The monoisotopic (exact) mass is 1320 g/mol. The summed E-state index contributed by atoms with van der Waals surface area (Å²) in [6, 6.07) is 0. The van der Waals surface area contributed by atoms with Gasteiger partial charge in [0.05, 0.1) is 26.4 Å². The number of unbranched alkanes of at least 4 members (excludes halogenated alkanes) is 33. The molecule has 0 aromatic carbocycles. The first-order valence-corrected chi connectivity index (χ1v) is 39.7. The Morgan fingerprint density at radius 2 is 0.533 bits per heavy atom. The Balaban J connectivity index is 5.27. The van der Waals surface area contributed by atoms with E-state index < -0.39 is 97.5 Å². The molecule has 3 N–H and O–H groups in total. The standard InChI is InChI=1S/C71H138O17P2/c1-9-64(8)50-42-34-26-20-22-30-38-46-54-71(76)88-67(58-82-69(74)52-44-36-28-21-19-25-33-41-49-63(6)7)60-86-90(79,80)84-56-65(72)55-83-89(77,78)85-59-66(57-81-68(73)51-43-35-27-18-14-16-24-32-40-48-62(4)5)87-70(75)53-45-37-29-17-13-11-10-12-15-23-31-39-47-61(2)3/h61-67,72H,9-60H2,1-8H3,(H,77,78)(H,79,80)/t64?,65?,66-,67-/m1/s1. The largest absolute Gasteiger partial charge is 0.472 e. The van der Waals surface area contributed by atoms with E-state index in [1.165, 1.54) is 154 Å². The molecule has 0 aromatic rings. The molecule has 0 fully saturated rings. The van der Waals surface area contributed by atoms with Crippen LogP contribution in [-0.4, -0.2) is 96.7 Å². The number of rotatable bonds is 68. The summed E-state index contributed by atoms with van der Waals surface area (Å²) in [6.45, 7) is 14.1. The number of ether oxygens (including phenoxy) is 4. The Morgan fingerprint density at radius 1 is 0.311 bits per heavy atom. The number of carbonyl (C=O) groups excluding carboxylic acids is 4. The van der Waals surface area contributed by atoms with Crippen molar-refractivity contribution in [3.63, 3.8) is 0 Å². The van der Waals surface area contributed by atoms with Crippen LogP contribution in [0, 0.1) is 23.7 Å². The fourth-order valence-corrected chi connectivity index (χ4v) is 12.2. The maximum absolute atomic E-state index is 13.0. The van der Waals surface area contributed by atoms with Gasteiger partial charge < -0.3 is 33.8 Å². The zero-order valence-electron chi connectivity index (χ0n) is 58.8. The molecule has 0 aliphatic rings. The third-order valence-electron chi connectivity index (χ3n) is 16.7. The fourth-order valence-electron chi connectivity index (χ4n) is 10.6. The number of esters is 4. The van der Waals surface area contributed by atoms with Gasteiger partial charge in [0, 0.05) is 25.7 Å². The first kappa shape index (κ1) is 88.1. The molecule has 0 saturated carbocycles. The molecule has 19 heteroatoms. The van der Waals surface area contributed by atoms with Crippen LogP contribution in [0.3, 0.4) is 0 Å². The minimum Gasteiger partial charge on any atom is -0.462 e. The normalized spacial score (nSPS) is 14.6. The molecule has 0 heterocycles. The number of phosphoric acid groups is 2. The second-order valence-corrected chi connectivity index (χ2v) is 30.2. The van der Waals surface area contributed by atoms with E-state index in [0.717, 1.165) is 114 Å². The van der Waals surface area contributed by atoms with Crippen molar-refractivity contribution in [2.24, 2.45) is 23.7 Å². The SMILES string of the molecule is CCC(C)CCCCCCCCCCC(=O)O[C@H](COC(=O)CCCCCCCCCCC(C)C)COP(=O)(O)OCC(O)COP(=O)(O)OC[C@@H](COC(=O)CCCCCCCCCCCC(C)C)OC(=O)CCCCCCCCCCCCCCC(C)C. The molecule has 0 rings (SSSR count). The minimum absolute atomic E-state index is 0.104. The second kappa shape index (κ2) is 60.7. The Morgan fingerprint density at radius 3 is 0.789 bits per heavy atom. The van der Waals surface area contributed by atoms with E-state index in [1.54, 1.807) is 0 Å². The van der Waals surface area contributed by atoms with Crippen LogP contribution in [-0.2, 0) is 65.4 Å². The van der Waals surface area contributed by atoms with Crippen LogP contribution < -0.4 is 0 Å². The lowest BCUT2D eigenvalue weighted by atomic mass is 9.99. The summed E-state index contributed by atoms with van der Waals surface area (Å²) >= 11 is 0. The smallest absolute Gasteiger partial charge is 0.462 e. The Hall–Kier alpha value is -1.94. The summed E-state index contributed by atoms with van der Waals surface area (Å²) in [5.41, 5.74) is 0. The summed E-state index contributed by atoms with van der Waals surface area (Å²) in [5.74, 6) is 0.887. The first-order chi connectivity index (χ1) is 43.1. The third kappa shape index (κ3) is 63.5. The summed E-state index contributed by atoms with van der Waals surface area (Å²) in [5, 5.41) is 10.6. The average molecular weight is 1330 g/mol. The van der Waals surface area contributed by atoms with Crippen molar-refractivity contribution < 1.29 is 80.2 Å². The molecule has 0 spiro atoms. The zero-order chi connectivity index (χ0) is 66.8. The molecule has 4 unspecified atom stereocenters. The van der Waals surface area contributed by atoms with Gasteiger partial charge in [-0.05, 0) is 49.4 Å². The third-order valence-corrected chi connectivity index (χ3v) is 18.6. The van der Waals surface area contributed by atoms with Crippen LogP contribution in [0.15, 0.2) is 0 Å². The molecule has 0 amide bonds. The molecule has 90 heavy (non-hydrogen) atoms. The number of hydrogen-bond donors (Lipinski definition) is 3. The van der Waals surface area contributed by atoms with E-state index in [0.29, 0.717) is 25.7 Å². The van der Waals surface area contributed by atoms with E-state index in [1.807, 2.05) is 0 Å². The van der Waals surface area contributed by atoms with E-state index in [2.05, 4.69) is 55.4 Å². The molecule has 0 aliphatic carbocycles. The van der Waals surface area contributed by atoms with Crippen LogP contribution in [0.4, 0.5) is 0 Å². The lowest BCUT2D eigenvalue weighted by molar-refractivity contribution is -0.161. The van der Waals surface area contributed by atoms with Crippen LogP contribution in [0.5, 0.6) is 0 Å². The zero-order valence-corrected chi connectivity index (χ0v) is 60.6. The molecule has 6 atom stereocenters. The van der Waals surface area contributed by atoms with Crippen molar-refractivity contribution in [3.05, 3.63) is 0 Å². The van der Waals surface area contributed by atoms with Gasteiger partial charge in [-0.15, -0.1) is 0 Å². The number of carbonyl (C=O) groups is 4. The van der Waals surface area contributed by atoms with Gasteiger partial charge in [0.15, 0.2) is 12.2 Å². The molecule has 0 saturated heterocycles. The van der Waals surface area contributed by atoms with E-state index in [4.69, 9.17) is 37.0 Å². The van der Waals surface area contributed by atoms with E-state index in [-0.39, 0.29) is 25.7 Å². The van der Waals surface area contributed by atoms with Crippen molar-refractivity contribution in [3.8, 4) is 0 Å². The Labute approximate surface area is 549 Å². The molecular formula is C71H138O17P2. The van der Waals surface area contributed by atoms with E-state index >= 15 is 0 Å². The van der Waals surface area contributed by atoms with E-state index in [9.17, 15) is 43.2 Å². The van der Waals surface area contributed by atoms with Crippen molar-refractivity contribution >= 4 is 39.5 Å². The molecular weight excluding hydrogens is 1190 g/mol. The number of hydrogen-bond acceptors (Lipinski definition) is 15. The van der Waals surface area contributed by atoms with Crippen LogP contribution in [0.25, 0.3) is 0 Å². The first-order valence-electron chi connectivity index (χ1n) is 36.7. The van der Waals surface area contributed by atoms with Gasteiger partial charge in [-0.25, -0.2) is 9.13 Å². The van der Waals surface area contributed by atoms with Gasteiger partial charge in [0.1, 0.15) is 19.3 Å². The van der Waals surface area contributed by atoms with Crippen molar-refractivity contribution in [2.75, 3.05) is 39.6 Å². The topological polar surface area (TPSA) is 237 Å². The minimum atomic E-state index is -4.95. The van der Waals surface area contributed by atoms with Gasteiger partial charge in [0.25, 0.3) is 0 Å². The molecule has 534 valence electrons. The quantitative estimate of drug-likeness (QED) is 0.0222. The number of aliphatic hydroxyl groups excluding tert-OH is 1. The Kier molecular flexibility index (Phi) is 59.4. The van der Waals surface area contributed by atoms with Crippen LogP contribution in [0.2, 0.25) is 0 Å². The highest BCUT2D eigenvalue weighted by molar-refractivity contribution is 7.47. The van der Waals surface area contributed by atoms with Crippen molar-refractivity contribution in [1.82, 2.24) is 0 Å². The van der Waals surface area contributed by atoms with Crippen molar-refractivity contribution in [1.29, 1.82) is 0 Å². The molecule has 0 aliphatic heterocycles. The predicted molar refractivity (Wildman–Crippen MR) is 363 cm³/mol. The predicted octanol–water partition coefficient (Wildman–Crippen LogP) is 20.1. The number of aliphatic hydroxyl groups is 1. The maximum atomic E-state index is 13.0. The highest BCUT2D eigenvalue weighted by Crippen LogP contribution is 2.45. The van der Waals surface area contributed by atoms with Gasteiger partial charge in [-0.1, -0.05) is 299 Å². The number of phosphoric ester groups is 2. The lowest BCUT2D eigenvalue weighted by Crippen LogP contribution is -2.30.